The number of halogens is 1. The molecule has 2 aliphatic heterocycles. The highest BCUT2D eigenvalue weighted by molar-refractivity contribution is 6.19. The first-order chi connectivity index (χ1) is 9.47. The summed E-state index contributed by atoms with van der Waals surface area (Å²) in [7, 11) is 3.11. The van der Waals surface area contributed by atoms with Crippen molar-refractivity contribution in [1.82, 2.24) is 14.4 Å². The number of aromatic nitrogens is 2. The zero-order valence-corrected chi connectivity index (χ0v) is 12.3. The van der Waals surface area contributed by atoms with Crippen LogP contribution in [-0.2, 0) is 11.3 Å². The highest BCUT2D eigenvalue weighted by Crippen LogP contribution is 2.28. The first-order valence-corrected chi connectivity index (χ1v) is 6.82. The molecule has 0 radical (unpaired) electrons. The molecule has 1 unspecified atom stereocenters. The van der Waals surface area contributed by atoms with Crippen LogP contribution >= 0.6 is 11.6 Å². The van der Waals surface area contributed by atoms with Gasteiger partial charge in [-0.2, -0.15) is 0 Å². The van der Waals surface area contributed by atoms with Crippen LogP contribution < -0.4 is 4.57 Å². The summed E-state index contributed by atoms with van der Waals surface area (Å²) in [5.74, 6) is 1.32. The fourth-order valence-electron chi connectivity index (χ4n) is 2.67. The van der Waals surface area contributed by atoms with Crippen molar-refractivity contribution in [3.05, 3.63) is 11.9 Å². The van der Waals surface area contributed by atoms with Gasteiger partial charge in [0.25, 0.3) is 5.91 Å². The molecule has 3 amide bonds. The average Bonchev–Trinajstić information content (AvgIpc) is 2.92. The van der Waals surface area contributed by atoms with Crippen molar-refractivity contribution < 1.29 is 14.2 Å². The van der Waals surface area contributed by atoms with E-state index in [-0.39, 0.29) is 11.9 Å². The number of imidazole rings is 1. The third-order valence-electron chi connectivity index (χ3n) is 3.75. The van der Waals surface area contributed by atoms with Gasteiger partial charge in [-0.05, 0) is 6.92 Å². The number of aryl methyl sites for hydroxylation is 1. The van der Waals surface area contributed by atoms with Gasteiger partial charge in [-0.15, -0.1) is 11.6 Å². The van der Waals surface area contributed by atoms with Gasteiger partial charge in [-0.3, -0.25) is 14.6 Å². The minimum Gasteiger partial charge on any atom is -0.270 e. The number of carbonyl (C=O) groups excluding carboxylic acids is 2. The predicted molar refractivity (Wildman–Crippen MR) is 72.1 cm³/mol. The molecule has 3 rings (SSSR count). The number of alkyl halides is 1. The number of fused-ring (bicyclic) bond motifs is 3. The lowest BCUT2D eigenvalue weighted by atomic mass is 10.2. The van der Waals surface area contributed by atoms with E-state index in [1.807, 2.05) is 17.7 Å². The Balaban J connectivity index is 2.14. The van der Waals surface area contributed by atoms with Gasteiger partial charge in [-0.25, -0.2) is 13.9 Å². The van der Waals surface area contributed by atoms with E-state index < -0.39 is 6.04 Å². The van der Waals surface area contributed by atoms with E-state index in [4.69, 9.17) is 11.6 Å². The molecule has 106 valence electrons. The first-order valence-electron chi connectivity index (χ1n) is 6.28. The monoisotopic (exact) mass is 296 g/mol. The van der Waals surface area contributed by atoms with E-state index in [0.29, 0.717) is 24.2 Å². The lowest BCUT2D eigenvalue weighted by Gasteiger charge is -2.30. The summed E-state index contributed by atoms with van der Waals surface area (Å²) in [6, 6.07) is -0.927. The van der Waals surface area contributed by atoms with Gasteiger partial charge in [0, 0.05) is 14.1 Å². The van der Waals surface area contributed by atoms with Crippen LogP contribution in [0, 0.1) is 6.92 Å². The van der Waals surface area contributed by atoms with Gasteiger partial charge in [0.05, 0.1) is 12.4 Å². The summed E-state index contributed by atoms with van der Waals surface area (Å²) < 4.78 is 3.75. The molecule has 1 aromatic rings. The molecule has 0 aromatic carbocycles. The van der Waals surface area contributed by atoms with E-state index in [1.54, 1.807) is 11.6 Å². The van der Waals surface area contributed by atoms with Gasteiger partial charge in [0.1, 0.15) is 11.9 Å². The third kappa shape index (κ3) is 1.53. The molecule has 2 aliphatic rings. The molecular weight excluding hydrogens is 282 g/mol. The molecule has 20 heavy (non-hydrogen) atoms. The second-order valence-electron chi connectivity index (χ2n) is 4.93. The van der Waals surface area contributed by atoms with Gasteiger partial charge in [0.2, 0.25) is 11.9 Å². The molecule has 0 aliphatic carbocycles. The van der Waals surface area contributed by atoms with Crippen molar-refractivity contribution in [1.29, 1.82) is 0 Å². The number of carbonyl (C=O) groups is 2. The summed E-state index contributed by atoms with van der Waals surface area (Å²) in [6.07, 6.45) is 1.87. The zero-order valence-electron chi connectivity index (χ0n) is 11.5. The van der Waals surface area contributed by atoms with Crippen LogP contribution in [0.2, 0.25) is 0 Å². The molecule has 7 nitrogen and oxygen atoms in total. The Morgan fingerprint density at radius 3 is 2.70 bits per heavy atom. The highest BCUT2D eigenvalue weighted by atomic mass is 35.5. The smallest absolute Gasteiger partial charge is 0.270 e. The number of amides is 3. The van der Waals surface area contributed by atoms with Crippen LogP contribution in [0.3, 0.4) is 0 Å². The van der Waals surface area contributed by atoms with E-state index in [0.717, 1.165) is 10.6 Å². The summed E-state index contributed by atoms with van der Waals surface area (Å²) in [4.78, 5) is 31.3. The standard InChI is InChI=1S/C12H15ClN5O2/c1-7-6-18-8-9(14-11(18)17(7)5-4-13)15(2)12(20)16(3)10(8)19/h6,8H,4-5H2,1-3H3/q+1. The van der Waals surface area contributed by atoms with Crippen LogP contribution in [0.15, 0.2) is 11.2 Å². The number of likely N-dealkylation sites (N-methyl/N-ethyl adjacent to an activating group) is 2. The summed E-state index contributed by atoms with van der Waals surface area (Å²) in [6.45, 7) is 2.56. The number of hydrogen-bond acceptors (Lipinski definition) is 3. The quantitative estimate of drug-likeness (QED) is 0.587. The second kappa shape index (κ2) is 4.31. The Hall–Kier alpha value is -1.89. The summed E-state index contributed by atoms with van der Waals surface area (Å²) in [5, 5.41) is 0. The zero-order chi connectivity index (χ0) is 14.6. The number of imide groups is 1. The maximum Gasteiger partial charge on any atom is 0.401 e. The van der Waals surface area contributed by atoms with E-state index >= 15 is 0 Å². The Labute approximate surface area is 121 Å². The van der Waals surface area contributed by atoms with Crippen LogP contribution in [0.25, 0.3) is 0 Å². The van der Waals surface area contributed by atoms with Gasteiger partial charge >= 0.3 is 12.0 Å². The normalized spacial score (nSPS) is 21.2. The molecule has 0 spiro atoms. The lowest BCUT2D eigenvalue weighted by Crippen LogP contribution is -2.61. The first kappa shape index (κ1) is 13.1. The molecule has 1 atom stereocenters. The molecule has 1 saturated heterocycles. The van der Waals surface area contributed by atoms with E-state index in [9.17, 15) is 9.59 Å². The van der Waals surface area contributed by atoms with Gasteiger partial charge in [-0.1, -0.05) is 4.99 Å². The van der Waals surface area contributed by atoms with E-state index in [1.165, 1.54) is 11.9 Å². The van der Waals surface area contributed by atoms with Gasteiger partial charge < -0.3 is 0 Å². The van der Waals surface area contributed by atoms with Crippen molar-refractivity contribution in [2.24, 2.45) is 4.99 Å². The maximum absolute atomic E-state index is 12.3. The Kier molecular flexibility index (Phi) is 2.82. The molecule has 8 heteroatoms. The van der Waals surface area contributed by atoms with Crippen molar-refractivity contribution >= 4 is 35.3 Å². The predicted octanol–water partition coefficient (Wildman–Crippen LogP) is 0.431. The minimum absolute atomic E-state index is 0.265. The van der Waals surface area contributed by atoms with Crippen molar-refractivity contribution in [2.75, 3.05) is 20.0 Å². The summed E-state index contributed by atoms with van der Waals surface area (Å²) in [5.41, 5.74) is 0.985. The molecule has 3 heterocycles. The summed E-state index contributed by atoms with van der Waals surface area (Å²) >= 11 is 5.80. The number of hydrogen-bond donors (Lipinski definition) is 0. The number of aliphatic imine (C=N–C) groups is 1. The Morgan fingerprint density at radius 1 is 1.35 bits per heavy atom. The van der Waals surface area contributed by atoms with Crippen LogP contribution in [0.1, 0.15) is 11.7 Å². The van der Waals surface area contributed by atoms with Crippen molar-refractivity contribution in [3.8, 4) is 0 Å². The number of rotatable bonds is 2. The average molecular weight is 297 g/mol. The van der Waals surface area contributed by atoms with Crippen molar-refractivity contribution in [3.63, 3.8) is 0 Å². The van der Waals surface area contributed by atoms with Gasteiger partial charge in [0.15, 0.2) is 0 Å². The number of amidine groups is 1. The number of nitrogens with zero attached hydrogens (tertiary/aromatic N) is 5. The largest absolute Gasteiger partial charge is 0.401 e. The lowest BCUT2D eigenvalue weighted by molar-refractivity contribution is -0.677. The third-order valence-corrected chi connectivity index (χ3v) is 3.92. The molecule has 1 aromatic heterocycles. The maximum atomic E-state index is 12.3. The molecule has 1 fully saturated rings. The highest BCUT2D eigenvalue weighted by Gasteiger charge is 2.51. The Bertz CT molecular complexity index is 651. The van der Waals surface area contributed by atoms with Crippen LogP contribution in [0.4, 0.5) is 10.7 Å². The number of urea groups is 1. The molecule has 0 bridgehead atoms. The second-order valence-corrected chi connectivity index (χ2v) is 5.31. The Morgan fingerprint density at radius 2 is 2.05 bits per heavy atom. The fourth-order valence-corrected chi connectivity index (χ4v) is 2.84. The van der Waals surface area contributed by atoms with Crippen LogP contribution in [-0.4, -0.2) is 52.1 Å². The fraction of sp³-hybridized carbons (Fsp3) is 0.500. The topological polar surface area (TPSA) is 61.8 Å². The van der Waals surface area contributed by atoms with Crippen molar-refractivity contribution in [2.45, 2.75) is 19.5 Å². The van der Waals surface area contributed by atoms with Crippen LogP contribution in [0.5, 0.6) is 0 Å². The molecule has 0 saturated carbocycles. The SMILES string of the molecule is Cc1c[n+]2c(n1CCCl)N=C1C2C(=O)N(C)C(=O)N1C. The van der Waals surface area contributed by atoms with E-state index in [2.05, 4.69) is 4.99 Å². The molecule has 0 N–H and O–H groups in total. The minimum atomic E-state index is -0.562. The molecular formula is C12H15ClN5O2+.